The summed E-state index contributed by atoms with van der Waals surface area (Å²) in [6.45, 7) is 3.55. The van der Waals surface area contributed by atoms with E-state index in [1.54, 1.807) is 41.8 Å². The third-order valence-electron chi connectivity index (χ3n) is 5.53. The molecular formula is C22H17F3N2OS. The first kappa shape index (κ1) is 19.6. The lowest BCUT2D eigenvalue weighted by atomic mass is 9.77. The highest BCUT2D eigenvalue weighted by Gasteiger charge is 2.46. The van der Waals surface area contributed by atoms with Crippen molar-refractivity contribution in [3.8, 4) is 17.3 Å². The van der Waals surface area contributed by atoms with Gasteiger partial charge in [0.15, 0.2) is 0 Å². The zero-order valence-corrected chi connectivity index (χ0v) is 16.6. The van der Waals surface area contributed by atoms with Gasteiger partial charge in [0.1, 0.15) is 0 Å². The zero-order chi connectivity index (χ0) is 21.0. The van der Waals surface area contributed by atoms with Crippen LogP contribution in [0.1, 0.15) is 35.3 Å². The fourth-order valence-electron chi connectivity index (χ4n) is 4.18. The number of hydrogen-bond donors (Lipinski definition) is 0. The molecule has 0 fully saturated rings. The zero-order valence-electron chi connectivity index (χ0n) is 15.8. The number of fused-ring (bicyclic) bond motifs is 5. The molecule has 0 aliphatic carbocycles. The standard InChI is InChI=1S/C22H17F3N2OS/c1-3-14-16-10-13(11-26)8-9-18(16)27-19(14)15-6-4-5-7-17(15)21(2,20(27)28)12-29-22(23,24)25/h4-10H,3,12H2,1-2H3/t21-/m0/s1. The van der Waals surface area contributed by atoms with E-state index in [1.165, 1.54) is 0 Å². The van der Waals surface area contributed by atoms with E-state index in [9.17, 15) is 23.2 Å². The Labute approximate surface area is 170 Å². The fourth-order valence-corrected chi connectivity index (χ4v) is 4.91. The minimum absolute atomic E-state index is 0.172. The van der Waals surface area contributed by atoms with Crippen LogP contribution < -0.4 is 0 Å². The molecule has 1 aromatic heterocycles. The number of nitriles is 1. The average Bonchev–Trinajstić information content (AvgIpc) is 3.03. The second kappa shape index (κ2) is 6.67. The number of thioether (sulfide) groups is 1. The smallest absolute Gasteiger partial charge is 0.279 e. The molecule has 0 saturated carbocycles. The predicted octanol–water partition coefficient (Wildman–Crippen LogP) is 5.91. The van der Waals surface area contributed by atoms with Gasteiger partial charge in [-0.1, -0.05) is 31.2 Å². The normalized spacial score (nSPS) is 18.4. The Kier molecular flexibility index (Phi) is 4.50. The molecule has 0 spiro atoms. The number of nitrogens with zero attached hydrogens (tertiary/aromatic N) is 2. The second-order valence-corrected chi connectivity index (χ2v) is 8.32. The first-order chi connectivity index (χ1) is 13.7. The van der Waals surface area contributed by atoms with E-state index in [2.05, 4.69) is 6.07 Å². The molecule has 7 heteroatoms. The number of carbonyl (C=O) groups is 1. The molecule has 2 heterocycles. The van der Waals surface area contributed by atoms with Gasteiger partial charge in [-0.25, -0.2) is 0 Å². The molecular weight excluding hydrogens is 397 g/mol. The van der Waals surface area contributed by atoms with Crippen molar-refractivity contribution in [2.45, 2.75) is 31.2 Å². The third-order valence-corrected chi connectivity index (χ3v) is 6.58. The second-order valence-electron chi connectivity index (χ2n) is 7.28. The molecule has 0 N–H and O–H groups in total. The van der Waals surface area contributed by atoms with E-state index >= 15 is 0 Å². The lowest BCUT2D eigenvalue weighted by Crippen LogP contribution is -2.43. The summed E-state index contributed by atoms with van der Waals surface area (Å²) in [5, 5.41) is 10.1. The molecule has 3 nitrogen and oxygen atoms in total. The van der Waals surface area contributed by atoms with Gasteiger partial charge in [-0.2, -0.15) is 18.4 Å². The molecule has 3 aromatic rings. The molecule has 2 aromatic carbocycles. The van der Waals surface area contributed by atoms with Crippen molar-refractivity contribution in [1.29, 1.82) is 5.26 Å². The van der Waals surface area contributed by atoms with E-state index in [0.29, 0.717) is 28.8 Å². The summed E-state index contributed by atoms with van der Waals surface area (Å²) >= 11 is -0.172. The Bertz CT molecular complexity index is 1190. The highest BCUT2D eigenvalue weighted by atomic mass is 32.2. The van der Waals surface area contributed by atoms with Crippen LogP contribution in [-0.2, 0) is 11.8 Å². The van der Waals surface area contributed by atoms with Gasteiger partial charge in [0, 0.05) is 16.7 Å². The van der Waals surface area contributed by atoms with Crippen molar-refractivity contribution in [3.63, 3.8) is 0 Å². The van der Waals surface area contributed by atoms with Crippen molar-refractivity contribution in [2.75, 3.05) is 5.75 Å². The maximum absolute atomic E-state index is 13.6. The van der Waals surface area contributed by atoms with Gasteiger partial charge in [0.25, 0.3) is 0 Å². The van der Waals surface area contributed by atoms with Crippen LogP contribution in [0.2, 0.25) is 0 Å². The van der Waals surface area contributed by atoms with Crippen LogP contribution in [0, 0.1) is 11.3 Å². The SMILES string of the molecule is CCc1c2n(c3ccc(C#N)cc13)C(=O)[C@@](C)(CSC(F)(F)F)c1ccccc1-2. The molecule has 0 unspecified atom stereocenters. The third kappa shape index (κ3) is 2.94. The van der Waals surface area contributed by atoms with Crippen LogP contribution in [-0.4, -0.2) is 21.7 Å². The number of halogens is 3. The molecule has 4 rings (SSSR count). The van der Waals surface area contributed by atoms with Crippen LogP contribution in [0.5, 0.6) is 0 Å². The van der Waals surface area contributed by atoms with E-state index in [4.69, 9.17) is 0 Å². The van der Waals surface area contributed by atoms with Gasteiger partial charge in [0.05, 0.1) is 28.3 Å². The Hall–Kier alpha value is -2.72. The van der Waals surface area contributed by atoms with Gasteiger partial charge in [-0.05, 0) is 54.4 Å². The molecule has 148 valence electrons. The topological polar surface area (TPSA) is 45.8 Å². The van der Waals surface area contributed by atoms with Crippen molar-refractivity contribution < 1.29 is 18.0 Å². The van der Waals surface area contributed by atoms with Crippen molar-refractivity contribution in [1.82, 2.24) is 4.57 Å². The summed E-state index contributed by atoms with van der Waals surface area (Å²) in [5.74, 6) is -0.777. The van der Waals surface area contributed by atoms with Crippen LogP contribution in [0.15, 0.2) is 42.5 Å². The largest absolute Gasteiger partial charge is 0.441 e. The minimum Gasteiger partial charge on any atom is -0.279 e. The van der Waals surface area contributed by atoms with Crippen LogP contribution >= 0.6 is 11.8 Å². The van der Waals surface area contributed by atoms with Crippen LogP contribution in [0.25, 0.3) is 22.2 Å². The summed E-state index contributed by atoms with van der Waals surface area (Å²) in [6, 6.07) is 14.4. The van der Waals surface area contributed by atoms with E-state index < -0.39 is 16.7 Å². The highest BCUT2D eigenvalue weighted by molar-refractivity contribution is 8.00. The monoisotopic (exact) mass is 414 g/mol. The Morgan fingerprint density at radius 2 is 1.93 bits per heavy atom. The van der Waals surface area contributed by atoms with E-state index in [0.717, 1.165) is 16.5 Å². The highest BCUT2D eigenvalue weighted by Crippen LogP contribution is 2.48. The number of carbonyl (C=O) groups excluding carboxylic acids is 1. The summed E-state index contributed by atoms with van der Waals surface area (Å²) < 4.78 is 40.5. The number of benzene rings is 2. The molecule has 0 bridgehead atoms. The molecule has 1 aliphatic heterocycles. The summed E-state index contributed by atoms with van der Waals surface area (Å²) in [4.78, 5) is 13.6. The van der Waals surface area contributed by atoms with Gasteiger partial charge >= 0.3 is 5.51 Å². The molecule has 29 heavy (non-hydrogen) atoms. The van der Waals surface area contributed by atoms with Gasteiger partial charge in [-0.15, -0.1) is 0 Å². The molecule has 0 radical (unpaired) electrons. The Morgan fingerprint density at radius 1 is 1.21 bits per heavy atom. The number of rotatable bonds is 3. The van der Waals surface area contributed by atoms with Crippen LogP contribution in [0.4, 0.5) is 13.2 Å². The van der Waals surface area contributed by atoms with E-state index in [-0.39, 0.29) is 17.7 Å². The molecule has 0 saturated heterocycles. The number of hydrogen-bond acceptors (Lipinski definition) is 3. The first-order valence-corrected chi connectivity index (χ1v) is 10.1. The lowest BCUT2D eigenvalue weighted by Gasteiger charge is -2.36. The predicted molar refractivity (Wildman–Crippen MR) is 108 cm³/mol. The lowest BCUT2D eigenvalue weighted by molar-refractivity contribution is -0.0329. The van der Waals surface area contributed by atoms with Gasteiger partial charge in [-0.3, -0.25) is 9.36 Å². The minimum atomic E-state index is -4.42. The number of alkyl halides is 3. The maximum atomic E-state index is 13.6. The molecule has 1 atom stereocenters. The first-order valence-electron chi connectivity index (χ1n) is 9.14. The van der Waals surface area contributed by atoms with E-state index in [1.807, 2.05) is 19.1 Å². The maximum Gasteiger partial charge on any atom is 0.441 e. The number of aryl methyl sites for hydroxylation is 1. The summed E-state index contributed by atoms with van der Waals surface area (Å²) in [6.07, 6.45) is 0.628. The molecule has 0 amide bonds. The fraction of sp³-hybridized carbons (Fsp3) is 0.273. The Balaban J connectivity index is 2.04. The summed E-state index contributed by atoms with van der Waals surface area (Å²) in [7, 11) is 0. The van der Waals surface area contributed by atoms with Crippen molar-refractivity contribution in [3.05, 3.63) is 59.2 Å². The average molecular weight is 414 g/mol. The van der Waals surface area contributed by atoms with Crippen molar-refractivity contribution >= 4 is 28.6 Å². The van der Waals surface area contributed by atoms with Crippen molar-refractivity contribution in [2.24, 2.45) is 0 Å². The summed E-state index contributed by atoms with van der Waals surface area (Å²) in [5.41, 5.74) is -1.64. The van der Waals surface area contributed by atoms with Gasteiger partial charge < -0.3 is 0 Å². The molecule has 1 aliphatic rings. The number of aromatic nitrogens is 1. The Morgan fingerprint density at radius 3 is 2.59 bits per heavy atom. The van der Waals surface area contributed by atoms with Gasteiger partial charge in [0.2, 0.25) is 5.91 Å². The quantitative estimate of drug-likeness (QED) is 0.535. The van der Waals surface area contributed by atoms with Crippen LogP contribution in [0.3, 0.4) is 0 Å².